The van der Waals surface area contributed by atoms with Gasteiger partial charge in [-0.25, -0.2) is 4.79 Å². The Kier molecular flexibility index (Phi) is 15.4. The summed E-state index contributed by atoms with van der Waals surface area (Å²) in [5.74, 6) is 1.14. The SMILES string of the molecule is C=C(C)[C@@H]1CCC(C)=C[C@H]1c1c(O)cccc1O.C=C(C)[C@@H]1CCC(C)=C[C@H]1c1c(O)cccc1OCN(CCC)C(=O)O[C@@H]1O[C@H](CO)[C@@H](O)[C@H](O)[C@H]1O. The average molecular weight is 766 g/mol. The Labute approximate surface area is 324 Å². The van der Waals surface area contributed by atoms with E-state index >= 15 is 0 Å². The van der Waals surface area contributed by atoms with E-state index in [2.05, 4.69) is 39.2 Å². The van der Waals surface area contributed by atoms with Gasteiger partial charge in [0, 0.05) is 29.5 Å². The fourth-order valence-corrected chi connectivity index (χ4v) is 7.65. The molecule has 0 aromatic heterocycles. The van der Waals surface area contributed by atoms with Crippen LogP contribution in [0.4, 0.5) is 4.79 Å². The topological polar surface area (TPSA) is 190 Å². The second-order valence-corrected chi connectivity index (χ2v) is 15.1. The van der Waals surface area contributed by atoms with E-state index in [-0.39, 0.29) is 54.2 Å². The molecule has 1 amide bonds. The molecule has 12 nitrogen and oxygen atoms in total. The lowest BCUT2D eigenvalue weighted by Crippen LogP contribution is -2.60. The van der Waals surface area contributed by atoms with Gasteiger partial charge in [0.1, 0.15) is 47.4 Å². The predicted molar refractivity (Wildman–Crippen MR) is 209 cm³/mol. The molecule has 2 aromatic carbocycles. The third-order valence-electron chi connectivity index (χ3n) is 10.7. The van der Waals surface area contributed by atoms with Crippen molar-refractivity contribution in [1.82, 2.24) is 4.90 Å². The standard InChI is InChI=1S/C27H39NO9.C16H20O2/c1-5-11-28(27(34)37-26-25(33)24(32)23(31)21(13-29)36-26)14-35-20-8-6-7-19(30)22(20)18-12-16(4)9-10-17(18)15(2)3;1-10(2)12-8-7-11(3)9-13(12)16-14(17)5-4-6-15(16)18/h6-8,12,17-18,21,23-26,29-33H,2,5,9-11,13-14H2,1,3-4H3;4-6,9,12-13,17-18H,1,7-8H2,2-3H3/t17-,18+,21+,23+,24-,25+,26-;12-,13+/m00/s1. The monoisotopic (exact) mass is 765 g/mol. The number of phenolic OH excluding ortho intramolecular Hbond substituents is 3. The molecule has 1 fully saturated rings. The summed E-state index contributed by atoms with van der Waals surface area (Å²) in [5, 5.41) is 70.3. The number of aromatic hydroxyl groups is 3. The van der Waals surface area contributed by atoms with Gasteiger partial charge in [-0.1, -0.05) is 66.7 Å². The minimum Gasteiger partial charge on any atom is -0.508 e. The summed E-state index contributed by atoms with van der Waals surface area (Å²) < 4.78 is 16.6. The van der Waals surface area contributed by atoms with Crippen LogP contribution in [0, 0.1) is 11.8 Å². The van der Waals surface area contributed by atoms with E-state index in [1.54, 1.807) is 36.4 Å². The second kappa shape index (κ2) is 19.5. The molecule has 0 bridgehead atoms. The largest absolute Gasteiger partial charge is 0.508 e. The molecule has 5 rings (SSSR count). The number of carbonyl (C=O) groups excluding carboxylic acids is 1. The fraction of sp³-hybridized carbons (Fsp3) is 0.512. The maximum Gasteiger partial charge on any atom is 0.414 e. The number of amides is 1. The van der Waals surface area contributed by atoms with Crippen LogP contribution >= 0.6 is 0 Å². The summed E-state index contributed by atoms with van der Waals surface area (Å²) in [5.41, 5.74) is 5.88. The first kappa shape index (κ1) is 43.4. The Morgan fingerprint density at radius 1 is 0.818 bits per heavy atom. The first-order chi connectivity index (χ1) is 26.1. The predicted octanol–water partition coefficient (Wildman–Crippen LogP) is 6.51. The van der Waals surface area contributed by atoms with Crippen LogP contribution in [-0.2, 0) is 9.47 Å². The van der Waals surface area contributed by atoms with Crippen molar-refractivity contribution in [3.05, 3.63) is 95.1 Å². The zero-order valence-electron chi connectivity index (χ0n) is 32.6. The van der Waals surface area contributed by atoms with Crippen molar-refractivity contribution in [3.63, 3.8) is 0 Å². The van der Waals surface area contributed by atoms with Crippen LogP contribution in [0.1, 0.15) is 89.7 Å². The smallest absolute Gasteiger partial charge is 0.414 e. The normalized spacial score (nSPS) is 27.8. The molecule has 12 heteroatoms. The number of carbonyl (C=O) groups is 1. The molecule has 1 saturated heterocycles. The summed E-state index contributed by atoms with van der Waals surface area (Å²) in [6.07, 6.45) is 0.193. The molecule has 2 aromatic rings. The fourth-order valence-electron chi connectivity index (χ4n) is 7.65. The van der Waals surface area contributed by atoms with E-state index in [9.17, 15) is 40.5 Å². The molecule has 2 aliphatic carbocycles. The number of hydrogen-bond acceptors (Lipinski definition) is 11. The Bertz CT molecular complexity index is 1700. The molecular formula is C43H59NO11. The van der Waals surface area contributed by atoms with Crippen molar-refractivity contribution in [1.29, 1.82) is 0 Å². The summed E-state index contributed by atoms with van der Waals surface area (Å²) in [6.45, 7) is 17.6. The molecule has 7 N–H and O–H groups in total. The number of rotatable bonds is 11. The molecule has 0 spiro atoms. The van der Waals surface area contributed by atoms with Crippen molar-refractivity contribution in [3.8, 4) is 23.0 Å². The molecule has 302 valence electrons. The highest BCUT2D eigenvalue weighted by molar-refractivity contribution is 5.67. The number of hydrogen-bond donors (Lipinski definition) is 7. The van der Waals surface area contributed by atoms with Gasteiger partial charge in [0.2, 0.25) is 6.29 Å². The lowest BCUT2D eigenvalue weighted by molar-refractivity contribution is -0.286. The Morgan fingerprint density at radius 2 is 1.33 bits per heavy atom. The summed E-state index contributed by atoms with van der Waals surface area (Å²) >= 11 is 0. The molecule has 9 atom stereocenters. The first-order valence-corrected chi connectivity index (χ1v) is 19.0. The number of allylic oxidation sites excluding steroid dienone is 6. The van der Waals surface area contributed by atoms with E-state index in [1.165, 1.54) is 16.0 Å². The van der Waals surface area contributed by atoms with E-state index in [1.807, 2.05) is 20.8 Å². The van der Waals surface area contributed by atoms with E-state index < -0.39 is 43.4 Å². The first-order valence-electron chi connectivity index (χ1n) is 19.0. The highest BCUT2D eigenvalue weighted by Gasteiger charge is 2.46. The van der Waals surface area contributed by atoms with Gasteiger partial charge in [-0.15, -0.1) is 0 Å². The number of aliphatic hydroxyl groups excluding tert-OH is 4. The molecule has 0 saturated carbocycles. The third-order valence-corrected chi connectivity index (χ3v) is 10.7. The lowest BCUT2D eigenvalue weighted by Gasteiger charge is -2.39. The van der Waals surface area contributed by atoms with Crippen LogP contribution in [0.5, 0.6) is 23.0 Å². The number of ether oxygens (including phenoxy) is 3. The summed E-state index contributed by atoms with van der Waals surface area (Å²) in [6, 6.07) is 9.91. The highest BCUT2D eigenvalue weighted by atomic mass is 16.7. The van der Waals surface area contributed by atoms with Crippen LogP contribution in [-0.4, -0.2) is 97.3 Å². The van der Waals surface area contributed by atoms with Gasteiger partial charge in [0.15, 0.2) is 6.73 Å². The maximum atomic E-state index is 12.9. The number of benzene rings is 2. The molecule has 55 heavy (non-hydrogen) atoms. The van der Waals surface area contributed by atoms with E-state index in [0.29, 0.717) is 23.3 Å². The zero-order chi connectivity index (χ0) is 40.6. The molecule has 0 unspecified atom stereocenters. The zero-order valence-corrected chi connectivity index (χ0v) is 32.6. The quantitative estimate of drug-likeness (QED) is 0.0976. The third kappa shape index (κ3) is 10.5. The van der Waals surface area contributed by atoms with Crippen molar-refractivity contribution in [2.45, 2.75) is 109 Å². The number of aliphatic hydroxyl groups is 4. The molecule has 1 heterocycles. The summed E-state index contributed by atoms with van der Waals surface area (Å²) in [7, 11) is 0. The van der Waals surface area contributed by atoms with Crippen LogP contribution in [0.3, 0.4) is 0 Å². The Balaban J connectivity index is 0.000000311. The Morgan fingerprint density at radius 3 is 1.84 bits per heavy atom. The molecule has 0 radical (unpaired) electrons. The number of phenols is 3. The lowest BCUT2D eigenvalue weighted by atomic mass is 9.74. The van der Waals surface area contributed by atoms with Crippen molar-refractivity contribution in [2.75, 3.05) is 19.9 Å². The van der Waals surface area contributed by atoms with Gasteiger partial charge in [-0.3, -0.25) is 4.90 Å². The van der Waals surface area contributed by atoms with Gasteiger partial charge in [-0.05, 0) is 95.9 Å². The van der Waals surface area contributed by atoms with Gasteiger partial charge >= 0.3 is 6.09 Å². The highest BCUT2D eigenvalue weighted by Crippen LogP contribution is 2.47. The maximum absolute atomic E-state index is 12.9. The molecule has 1 aliphatic heterocycles. The number of nitrogens with zero attached hydrogens (tertiary/aromatic N) is 1. The van der Waals surface area contributed by atoms with Crippen LogP contribution in [0.15, 0.2) is 84.0 Å². The Hall–Kier alpha value is -4.33. The van der Waals surface area contributed by atoms with Crippen LogP contribution < -0.4 is 4.74 Å². The van der Waals surface area contributed by atoms with Crippen molar-refractivity contribution < 1.29 is 54.8 Å². The van der Waals surface area contributed by atoms with Crippen molar-refractivity contribution >= 4 is 6.09 Å². The van der Waals surface area contributed by atoms with Gasteiger partial charge in [-0.2, -0.15) is 0 Å². The van der Waals surface area contributed by atoms with Crippen LogP contribution in [0.2, 0.25) is 0 Å². The van der Waals surface area contributed by atoms with Gasteiger partial charge in [0.05, 0.1) is 6.61 Å². The van der Waals surface area contributed by atoms with E-state index in [4.69, 9.17) is 14.2 Å². The van der Waals surface area contributed by atoms with Crippen molar-refractivity contribution in [2.24, 2.45) is 11.8 Å². The molecule has 3 aliphatic rings. The average Bonchev–Trinajstić information content (AvgIpc) is 3.13. The molecular weight excluding hydrogens is 706 g/mol. The van der Waals surface area contributed by atoms with Gasteiger partial charge < -0.3 is 50.0 Å². The van der Waals surface area contributed by atoms with Gasteiger partial charge in [0.25, 0.3) is 0 Å². The summed E-state index contributed by atoms with van der Waals surface area (Å²) in [4.78, 5) is 14.2. The minimum atomic E-state index is -1.70. The minimum absolute atomic E-state index is 0.0254. The second-order valence-electron chi connectivity index (χ2n) is 15.1. The van der Waals surface area contributed by atoms with E-state index in [0.717, 1.165) is 36.8 Å². The van der Waals surface area contributed by atoms with Crippen LogP contribution in [0.25, 0.3) is 0 Å².